The zero-order chi connectivity index (χ0) is 16.2. The molecule has 1 aromatic rings. The molecule has 0 radical (unpaired) electrons. The molecule has 0 spiro atoms. The van der Waals surface area contributed by atoms with E-state index in [9.17, 15) is 13.2 Å². The number of likely N-dealkylation sites (tertiary alicyclic amines) is 1. The first-order valence-corrected chi connectivity index (χ1v) is 7.78. The third-order valence-electron chi connectivity index (χ3n) is 4.32. The molecule has 2 rings (SSSR count). The van der Waals surface area contributed by atoms with Crippen LogP contribution in [-0.2, 0) is 6.18 Å². The minimum Gasteiger partial charge on any atom is -0.382 e. The highest BCUT2D eigenvalue weighted by atomic mass is 19.4. The van der Waals surface area contributed by atoms with Crippen LogP contribution in [0.1, 0.15) is 31.7 Å². The van der Waals surface area contributed by atoms with E-state index in [0.29, 0.717) is 18.6 Å². The van der Waals surface area contributed by atoms with Gasteiger partial charge in [0.2, 0.25) is 0 Å². The number of anilines is 1. The van der Waals surface area contributed by atoms with Gasteiger partial charge in [0.15, 0.2) is 0 Å². The lowest BCUT2D eigenvalue weighted by Crippen LogP contribution is -2.44. The monoisotopic (exact) mass is 315 g/mol. The molecule has 1 heterocycles. The molecule has 0 saturated carbocycles. The summed E-state index contributed by atoms with van der Waals surface area (Å²) in [5, 5.41) is 3.33. The van der Waals surface area contributed by atoms with Gasteiger partial charge in [-0.05, 0) is 57.0 Å². The number of hydrogen-bond acceptors (Lipinski definition) is 3. The third kappa shape index (κ3) is 4.61. The van der Waals surface area contributed by atoms with E-state index < -0.39 is 11.7 Å². The molecule has 124 valence electrons. The molecular weight excluding hydrogens is 291 g/mol. The Balaban J connectivity index is 1.83. The summed E-state index contributed by atoms with van der Waals surface area (Å²) in [5.41, 5.74) is 5.73. The predicted octanol–water partition coefficient (Wildman–Crippen LogP) is 3.32. The molecule has 1 aromatic carbocycles. The van der Waals surface area contributed by atoms with E-state index in [2.05, 4.69) is 17.1 Å². The average molecular weight is 315 g/mol. The summed E-state index contributed by atoms with van der Waals surface area (Å²) in [6.07, 6.45) is -1.29. The summed E-state index contributed by atoms with van der Waals surface area (Å²) in [7, 11) is 0. The Labute approximate surface area is 129 Å². The molecule has 3 N–H and O–H groups in total. The van der Waals surface area contributed by atoms with Crippen LogP contribution in [0.3, 0.4) is 0 Å². The van der Waals surface area contributed by atoms with E-state index in [0.717, 1.165) is 50.2 Å². The summed E-state index contributed by atoms with van der Waals surface area (Å²) >= 11 is 0. The predicted molar refractivity (Wildman–Crippen MR) is 82.8 cm³/mol. The number of benzene rings is 1. The van der Waals surface area contributed by atoms with Crippen LogP contribution in [0.2, 0.25) is 0 Å². The zero-order valence-corrected chi connectivity index (χ0v) is 12.9. The number of nitrogens with two attached hydrogens (primary N) is 1. The molecule has 0 unspecified atom stereocenters. The van der Waals surface area contributed by atoms with Crippen LogP contribution in [-0.4, -0.2) is 36.6 Å². The molecule has 0 aromatic heterocycles. The summed E-state index contributed by atoms with van der Waals surface area (Å²) in [4.78, 5) is 2.43. The maximum Gasteiger partial charge on any atom is 0.416 e. The SMILES string of the molecule is C[C@H](CCN)N1CCC(Nc2ccc(C(F)(F)F)cc2)CC1. The number of nitrogens with one attached hydrogen (secondary N) is 1. The van der Waals surface area contributed by atoms with Crippen LogP contribution < -0.4 is 11.1 Å². The van der Waals surface area contributed by atoms with Crippen molar-refractivity contribution in [2.24, 2.45) is 5.73 Å². The fourth-order valence-electron chi connectivity index (χ4n) is 2.90. The van der Waals surface area contributed by atoms with Crippen LogP contribution in [0.4, 0.5) is 18.9 Å². The Bertz CT molecular complexity index is 451. The van der Waals surface area contributed by atoms with Gasteiger partial charge in [-0.25, -0.2) is 0 Å². The highest BCUT2D eigenvalue weighted by Gasteiger charge is 2.30. The Morgan fingerprint density at radius 1 is 1.23 bits per heavy atom. The minimum atomic E-state index is -4.27. The molecule has 1 saturated heterocycles. The van der Waals surface area contributed by atoms with Crippen molar-refractivity contribution in [3.05, 3.63) is 29.8 Å². The van der Waals surface area contributed by atoms with E-state index in [4.69, 9.17) is 5.73 Å². The standard InChI is InChI=1S/C16H24F3N3/c1-12(6-9-20)22-10-7-15(8-11-22)21-14-4-2-13(3-5-14)16(17,18)19/h2-5,12,15,21H,6-11,20H2,1H3/t12-/m1/s1. The van der Waals surface area contributed by atoms with Crippen LogP contribution in [0.5, 0.6) is 0 Å². The van der Waals surface area contributed by atoms with E-state index >= 15 is 0 Å². The van der Waals surface area contributed by atoms with Gasteiger partial charge in [-0.1, -0.05) is 0 Å². The van der Waals surface area contributed by atoms with E-state index in [1.807, 2.05) is 0 Å². The first-order valence-electron chi connectivity index (χ1n) is 7.78. The van der Waals surface area contributed by atoms with Crippen LogP contribution in [0.25, 0.3) is 0 Å². The van der Waals surface area contributed by atoms with E-state index in [1.165, 1.54) is 12.1 Å². The summed E-state index contributed by atoms with van der Waals surface area (Å²) in [5.74, 6) is 0. The van der Waals surface area contributed by atoms with Crippen molar-refractivity contribution in [2.75, 3.05) is 25.0 Å². The lowest BCUT2D eigenvalue weighted by molar-refractivity contribution is -0.137. The van der Waals surface area contributed by atoms with Crippen LogP contribution in [0.15, 0.2) is 24.3 Å². The normalized spacial score (nSPS) is 19.1. The first-order chi connectivity index (χ1) is 10.4. The van der Waals surface area contributed by atoms with Crippen molar-refractivity contribution in [3.63, 3.8) is 0 Å². The van der Waals surface area contributed by atoms with Gasteiger partial charge < -0.3 is 16.0 Å². The molecular formula is C16H24F3N3. The second-order valence-electron chi connectivity index (χ2n) is 5.96. The quantitative estimate of drug-likeness (QED) is 0.876. The number of piperidine rings is 1. The Morgan fingerprint density at radius 3 is 2.32 bits per heavy atom. The topological polar surface area (TPSA) is 41.3 Å². The lowest BCUT2D eigenvalue weighted by Gasteiger charge is -2.36. The molecule has 1 aliphatic heterocycles. The molecule has 1 aliphatic rings. The van der Waals surface area contributed by atoms with Gasteiger partial charge in [-0.15, -0.1) is 0 Å². The van der Waals surface area contributed by atoms with Crippen molar-refractivity contribution < 1.29 is 13.2 Å². The number of nitrogens with zero attached hydrogens (tertiary/aromatic N) is 1. The Kier molecular flexibility index (Phi) is 5.69. The molecule has 6 heteroatoms. The Morgan fingerprint density at radius 2 is 1.82 bits per heavy atom. The van der Waals surface area contributed by atoms with Crippen molar-refractivity contribution >= 4 is 5.69 Å². The molecule has 1 atom stereocenters. The molecule has 0 bridgehead atoms. The van der Waals surface area contributed by atoms with Crippen molar-refractivity contribution in [1.29, 1.82) is 0 Å². The number of alkyl halides is 3. The second kappa shape index (κ2) is 7.33. The molecule has 22 heavy (non-hydrogen) atoms. The second-order valence-corrected chi connectivity index (χ2v) is 5.96. The molecule has 1 fully saturated rings. The average Bonchev–Trinajstić information content (AvgIpc) is 2.48. The maximum atomic E-state index is 12.5. The minimum absolute atomic E-state index is 0.318. The fraction of sp³-hybridized carbons (Fsp3) is 0.625. The van der Waals surface area contributed by atoms with Crippen molar-refractivity contribution in [1.82, 2.24) is 4.90 Å². The van der Waals surface area contributed by atoms with E-state index in [1.54, 1.807) is 0 Å². The van der Waals surface area contributed by atoms with Crippen molar-refractivity contribution in [2.45, 2.75) is 44.4 Å². The number of rotatable bonds is 5. The number of halogens is 3. The van der Waals surface area contributed by atoms with Crippen LogP contribution >= 0.6 is 0 Å². The lowest BCUT2D eigenvalue weighted by atomic mass is 10.0. The van der Waals surface area contributed by atoms with Gasteiger partial charge in [0, 0.05) is 30.9 Å². The van der Waals surface area contributed by atoms with Gasteiger partial charge in [0.25, 0.3) is 0 Å². The number of hydrogen-bond donors (Lipinski definition) is 2. The summed E-state index contributed by atoms with van der Waals surface area (Å²) < 4.78 is 37.6. The van der Waals surface area contributed by atoms with E-state index in [-0.39, 0.29) is 0 Å². The van der Waals surface area contributed by atoms with Gasteiger partial charge in [0.1, 0.15) is 0 Å². The highest BCUT2D eigenvalue weighted by Crippen LogP contribution is 2.30. The Hall–Kier alpha value is -1.27. The van der Waals surface area contributed by atoms with Crippen molar-refractivity contribution in [3.8, 4) is 0 Å². The van der Waals surface area contributed by atoms with Gasteiger partial charge in [-0.2, -0.15) is 13.2 Å². The van der Waals surface area contributed by atoms with Gasteiger partial charge in [-0.3, -0.25) is 0 Å². The summed E-state index contributed by atoms with van der Waals surface area (Å²) in [6.45, 7) is 4.89. The fourth-order valence-corrected chi connectivity index (χ4v) is 2.90. The molecule has 0 aliphatic carbocycles. The van der Waals surface area contributed by atoms with Gasteiger partial charge in [0.05, 0.1) is 5.56 Å². The maximum absolute atomic E-state index is 12.5. The first kappa shape index (κ1) is 17.1. The smallest absolute Gasteiger partial charge is 0.382 e. The largest absolute Gasteiger partial charge is 0.416 e. The van der Waals surface area contributed by atoms with Crippen LogP contribution in [0, 0.1) is 0 Å². The van der Waals surface area contributed by atoms with Gasteiger partial charge >= 0.3 is 6.18 Å². The summed E-state index contributed by atoms with van der Waals surface area (Å²) in [6, 6.07) is 6.08. The third-order valence-corrected chi connectivity index (χ3v) is 4.32. The molecule has 0 amide bonds. The zero-order valence-electron chi connectivity index (χ0n) is 12.9. The molecule has 3 nitrogen and oxygen atoms in total. The highest BCUT2D eigenvalue weighted by molar-refractivity contribution is 5.46.